The van der Waals surface area contributed by atoms with Crippen molar-refractivity contribution in [2.75, 3.05) is 5.32 Å². The lowest BCUT2D eigenvalue weighted by atomic mass is 10.0. The fourth-order valence-electron chi connectivity index (χ4n) is 4.44. The zero-order valence-corrected chi connectivity index (χ0v) is 22.0. The van der Waals surface area contributed by atoms with Crippen LogP contribution in [0.25, 0.3) is 10.2 Å². The minimum Gasteiger partial charge on any atom is -0.326 e. The quantitative estimate of drug-likeness (QED) is 0.417. The van der Waals surface area contributed by atoms with E-state index < -0.39 is 47.1 Å². The number of amides is 6. The monoisotopic (exact) mass is 557 g/mol. The smallest absolute Gasteiger partial charge is 0.319 e. The molecule has 1 saturated heterocycles. The van der Waals surface area contributed by atoms with Crippen molar-refractivity contribution in [2.24, 2.45) is 0 Å². The van der Waals surface area contributed by atoms with Crippen LogP contribution < -0.4 is 16.0 Å². The van der Waals surface area contributed by atoms with Gasteiger partial charge in [0.1, 0.15) is 27.4 Å². The second-order valence-electron chi connectivity index (χ2n) is 9.60. The number of carbonyl (C=O) groups excluding carboxylic acids is 5. The molecule has 1 atom stereocenters. The summed E-state index contributed by atoms with van der Waals surface area (Å²) in [4.78, 5) is 67.7. The van der Waals surface area contributed by atoms with Crippen LogP contribution in [0.3, 0.4) is 0 Å². The van der Waals surface area contributed by atoms with E-state index in [-0.39, 0.29) is 34.7 Å². The Morgan fingerprint density at radius 2 is 1.89 bits per heavy atom. The molecule has 3 N–H and O–H groups in total. The van der Waals surface area contributed by atoms with Crippen molar-refractivity contribution in [1.82, 2.24) is 20.5 Å². The maximum absolute atomic E-state index is 14.2. The van der Waals surface area contributed by atoms with Gasteiger partial charge in [-0.2, -0.15) is 0 Å². The molecular weight excluding hydrogens is 537 g/mol. The number of urea groups is 1. The van der Waals surface area contributed by atoms with E-state index in [4.69, 9.17) is 11.6 Å². The van der Waals surface area contributed by atoms with Crippen LogP contribution in [0.1, 0.15) is 58.0 Å². The zero-order valence-electron chi connectivity index (χ0n) is 20.4. The first kappa shape index (κ1) is 25.7. The van der Waals surface area contributed by atoms with Gasteiger partial charge in [0.05, 0.1) is 21.4 Å². The van der Waals surface area contributed by atoms with Gasteiger partial charge in [-0.25, -0.2) is 14.2 Å². The van der Waals surface area contributed by atoms with Crippen LogP contribution in [0.5, 0.6) is 0 Å². The van der Waals surface area contributed by atoms with Crippen molar-refractivity contribution in [3.63, 3.8) is 0 Å². The average molecular weight is 558 g/mol. The normalized spacial score (nSPS) is 17.6. The zero-order chi connectivity index (χ0) is 27.5. The summed E-state index contributed by atoms with van der Waals surface area (Å²) in [7, 11) is 0. The summed E-state index contributed by atoms with van der Waals surface area (Å²) in [6.45, 7) is 5.06. The van der Waals surface area contributed by atoms with Crippen LogP contribution in [0.2, 0.25) is 5.02 Å². The van der Waals surface area contributed by atoms with Crippen LogP contribution in [0.15, 0.2) is 24.3 Å². The molecule has 38 heavy (non-hydrogen) atoms. The summed E-state index contributed by atoms with van der Waals surface area (Å²) in [5, 5.41) is 8.01. The van der Waals surface area contributed by atoms with Gasteiger partial charge in [-0.3, -0.25) is 29.4 Å². The predicted molar refractivity (Wildman–Crippen MR) is 138 cm³/mol. The number of nitrogens with one attached hydrogen (secondary N) is 3. The number of piperidine rings is 1. The maximum Gasteiger partial charge on any atom is 0.319 e. The van der Waals surface area contributed by atoms with E-state index in [1.165, 1.54) is 29.5 Å². The molecule has 1 aromatic heterocycles. The summed E-state index contributed by atoms with van der Waals surface area (Å²) < 4.78 is 14.9. The van der Waals surface area contributed by atoms with Gasteiger partial charge in [0, 0.05) is 12.1 Å². The Bertz CT molecular complexity index is 1590. The third-order valence-corrected chi connectivity index (χ3v) is 8.08. The van der Waals surface area contributed by atoms with Crippen LogP contribution in [-0.2, 0) is 15.1 Å². The molecule has 196 valence electrons. The number of aryl methyl sites for hydroxylation is 1. The maximum atomic E-state index is 14.2. The second kappa shape index (κ2) is 9.14. The fourth-order valence-corrected chi connectivity index (χ4v) is 5.92. The van der Waals surface area contributed by atoms with E-state index >= 15 is 0 Å². The molecule has 0 radical (unpaired) electrons. The molecule has 2 aromatic carbocycles. The van der Waals surface area contributed by atoms with Gasteiger partial charge >= 0.3 is 6.03 Å². The fraction of sp³-hybridized carbons (Fsp3) is 0.280. The van der Waals surface area contributed by atoms with E-state index in [1.54, 1.807) is 26.8 Å². The highest BCUT2D eigenvalue weighted by Crippen LogP contribution is 2.36. The lowest BCUT2D eigenvalue weighted by Gasteiger charge is -2.27. The SMILES string of the molecule is Cc1cc2sc(C(C)(C)NC(=O)Nc3ccc4c(c3)C(=O)N(C3CCC(=O)NC3=O)C4=O)nc2c(Cl)c1F. The lowest BCUT2D eigenvalue weighted by Crippen LogP contribution is -2.54. The molecule has 5 rings (SSSR count). The molecule has 0 aliphatic carbocycles. The molecule has 6 amide bonds. The minimum absolute atomic E-state index is 0.0159. The van der Waals surface area contributed by atoms with Gasteiger partial charge in [-0.15, -0.1) is 11.3 Å². The number of thiazole rings is 1. The number of fused-ring (bicyclic) bond motifs is 2. The molecule has 13 heteroatoms. The summed E-state index contributed by atoms with van der Waals surface area (Å²) in [5.74, 6) is -3.03. The molecule has 0 spiro atoms. The number of halogens is 2. The van der Waals surface area contributed by atoms with Crippen LogP contribution in [0.4, 0.5) is 14.9 Å². The number of imide groups is 2. The molecule has 0 bridgehead atoms. The molecule has 0 saturated carbocycles. The molecule has 10 nitrogen and oxygen atoms in total. The van der Waals surface area contributed by atoms with E-state index in [9.17, 15) is 28.4 Å². The molecule has 1 unspecified atom stereocenters. The summed E-state index contributed by atoms with van der Waals surface area (Å²) in [6, 6.07) is 4.18. The number of aromatic nitrogens is 1. The van der Waals surface area contributed by atoms with Crippen molar-refractivity contribution in [2.45, 2.75) is 45.2 Å². The van der Waals surface area contributed by atoms with Crippen LogP contribution >= 0.6 is 22.9 Å². The molecule has 2 aliphatic rings. The van der Waals surface area contributed by atoms with E-state index in [2.05, 4.69) is 20.9 Å². The van der Waals surface area contributed by atoms with Crippen LogP contribution in [-0.4, -0.2) is 45.6 Å². The molecule has 2 aliphatic heterocycles. The number of hydrogen-bond acceptors (Lipinski definition) is 7. The Labute approximate surface area is 224 Å². The summed E-state index contributed by atoms with van der Waals surface area (Å²) in [5.41, 5.74) is 0.115. The van der Waals surface area contributed by atoms with Gasteiger partial charge in [0.2, 0.25) is 11.8 Å². The lowest BCUT2D eigenvalue weighted by molar-refractivity contribution is -0.136. The highest BCUT2D eigenvalue weighted by molar-refractivity contribution is 7.18. The van der Waals surface area contributed by atoms with Crippen molar-refractivity contribution < 1.29 is 28.4 Å². The Morgan fingerprint density at radius 1 is 1.18 bits per heavy atom. The Kier molecular flexibility index (Phi) is 6.19. The molecule has 3 heterocycles. The predicted octanol–water partition coefficient (Wildman–Crippen LogP) is 3.86. The highest BCUT2D eigenvalue weighted by Gasteiger charge is 2.44. The van der Waals surface area contributed by atoms with Gasteiger partial charge in [0.15, 0.2) is 0 Å². The van der Waals surface area contributed by atoms with Crippen molar-refractivity contribution >= 4 is 68.5 Å². The Hall–Kier alpha value is -3.90. The number of anilines is 1. The first-order valence-electron chi connectivity index (χ1n) is 11.6. The van der Waals surface area contributed by atoms with E-state index in [0.29, 0.717) is 20.8 Å². The largest absolute Gasteiger partial charge is 0.326 e. The number of nitrogens with zero attached hydrogens (tertiary/aromatic N) is 2. The molecular formula is C25H21ClFN5O5S. The third kappa shape index (κ3) is 4.29. The first-order valence-corrected chi connectivity index (χ1v) is 12.8. The number of rotatable bonds is 4. The third-order valence-electron chi connectivity index (χ3n) is 6.41. The number of hydrogen-bond donors (Lipinski definition) is 3. The topological polar surface area (TPSA) is 138 Å². The van der Waals surface area contributed by atoms with Gasteiger partial charge in [-0.05, 0) is 57.0 Å². The van der Waals surface area contributed by atoms with Crippen molar-refractivity contribution in [3.8, 4) is 0 Å². The van der Waals surface area contributed by atoms with Crippen molar-refractivity contribution in [1.29, 1.82) is 0 Å². The highest BCUT2D eigenvalue weighted by atomic mass is 35.5. The Morgan fingerprint density at radius 3 is 2.61 bits per heavy atom. The average Bonchev–Trinajstić information content (AvgIpc) is 3.38. The second-order valence-corrected chi connectivity index (χ2v) is 11.0. The van der Waals surface area contributed by atoms with E-state index in [1.807, 2.05) is 0 Å². The summed E-state index contributed by atoms with van der Waals surface area (Å²) >= 11 is 7.40. The van der Waals surface area contributed by atoms with Crippen LogP contribution in [0, 0.1) is 12.7 Å². The minimum atomic E-state index is -1.08. The van der Waals surface area contributed by atoms with Gasteiger partial charge in [0.25, 0.3) is 11.8 Å². The van der Waals surface area contributed by atoms with Crippen molar-refractivity contribution in [3.05, 3.63) is 56.8 Å². The van der Waals surface area contributed by atoms with Gasteiger partial charge in [-0.1, -0.05) is 11.6 Å². The molecule has 1 fully saturated rings. The molecule has 3 aromatic rings. The standard InChI is InChI=1S/C25H21ClFN5O5S/c1-10-8-15-19(17(26)18(10)27)30-23(38-15)25(2,3)31-24(37)28-11-4-5-12-13(9-11)22(36)32(21(12)35)14-6-7-16(33)29-20(14)34/h4-5,8-9,14H,6-7H2,1-3H3,(H2,28,31,37)(H,29,33,34). The number of carbonyl (C=O) groups is 5. The van der Waals surface area contributed by atoms with E-state index in [0.717, 1.165) is 4.90 Å². The first-order chi connectivity index (χ1) is 17.9. The summed E-state index contributed by atoms with van der Waals surface area (Å²) in [6.07, 6.45) is 0.0594. The Balaban J connectivity index is 1.32. The van der Waals surface area contributed by atoms with Gasteiger partial charge < -0.3 is 10.6 Å². The number of benzene rings is 2.